The van der Waals surface area contributed by atoms with Crippen LogP contribution >= 0.6 is 23.2 Å². The van der Waals surface area contributed by atoms with E-state index in [1.807, 2.05) is 0 Å². The van der Waals surface area contributed by atoms with E-state index in [1.54, 1.807) is 7.05 Å². The zero-order valence-electron chi connectivity index (χ0n) is 11.1. The first-order chi connectivity index (χ1) is 9.90. The summed E-state index contributed by atoms with van der Waals surface area (Å²) in [5, 5.41) is 14.5. The Labute approximate surface area is 130 Å². The summed E-state index contributed by atoms with van der Waals surface area (Å²) in [6.07, 6.45) is 0. The molecule has 9 heteroatoms. The molecule has 2 aromatic rings. The second-order valence-corrected chi connectivity index (χ2v) is 4.87. The molecule has 0 amide bonds. The fourth-order valence-electron chi connectivity index (χ4n) is 1.63. The summed E-state index contributed by atoms with van der Waals surface area (Å²) < 4.78 is 5.45. The SMILES string of the molecule is CNc1nc(C)c([N+](=O)[O-])c(Oc2cc(Cl)cc(Cl)c2)n1. The van der Waals surface area contributed by atoms with E-state index >= 15 is 0 Å². The quantitative estimate of drug-likeness (QED) is 0.677. The lowest BCUT2D eigenvalue weighted by molar-refractivity contribution is -0.386. The molecule has 0 unspecified atom stereocenters. The summed E-state index contributed by atoms with van der Waals surface area (Å²) in [4.78, 5) is 18.4. The van der Waals surface area contributed by atoms with E-state index in [1.165, 1.54) is 25.1 Å². The van der Waals surface area contributed by atoms with Crippen LogP contribution in [-0.2, 0) is 0 Å². The fourth-order valence-corrected chi connectivity index (χ4v) is 2.14. The van der Waals surface area contributed by atoms with Gasteiger partial charge in [-0.3, -0.25) is 10.1 Å². The smallest absolute Gasteiger partial charge is 0.352 e. The van der Waals surface area contributed by atoms with Crippen LogP contribution in [0.25, 0.3) is 0 Å². The highest BCUT2D eigenvalue weighted by Gasteiger charge is 2.24. The molecule has 110 valence electrons. The summed E-state index contributed by atoms with van der Waals surface area (Å²) >= 11 is 11.7. The molecule has 1 N–H and O–H groups in total. The molecule has 0 radical (unpaired) electrons. The number of anilines is 1. The van der Waals surface area contributed by atoms with Crippen LogP contribution in [-0.4, -0.2) is 21.9 Å². The monoisotopic (exact) mass is 328 g/mol. The van der Waals surface area contributed by atoms with Crippen molar-refractivity contribution in [3.63, 3.8) is 0 Å². The number of aryl methyl sites for hydroxylation is 1. The molecule has 0 saturated carbocycles. The molecule has 1 heterocycles. The number of ether oxygens (including phenoxy) is 1. The van der Waals surface area contributed by atoms with Gasteiger partial charge in [-0.25, -0.2) is 4.98 Å². The van der Waals surface area contributed by atoms with Crippen molar-refractivity contribution in [2.45, 2.75) is 6.92 Å². The molecule has 1 aromatic carbocycles. The van der Waals surface area contributed by atoms with Gasteiger partial charge < -0.3 is 10.1 Å². The van der Waals surface area contributed by atoms with Crippen LogP contribution in [0.15, 0.2) is 18.2 Å². The Hall–Kier alpha value is -2.12. The lowest BCUT2D eigenvalue weighted by atomic mass is 10.3. The average molecular weight is 329 g/mol. The molecule has 0 aliphatic carbocycles. The number of nitrogens with zero attached hydrogens (tertiary/aromatic N) is 3. The molecule has 0 saturated heterocycles. The van der Waals surface area contributed by atoms with Crippen LogP contribution in [0.5, 0.6) is 11.6 Å². The lowest BCUT2D eigenvalue weighted by Crippen LogP contribution is -2.05. The van der Waals surface area contributed by atoms with Crippen LogP contribution in [0.2, 0.25) is 10.0 Å². The summed E-state index contributed by atoms with van der Waals surface area (Å²) in [6.45, 7) is 1.50. The van der Waals surface area contributed by atoms with Crippen LogP contribution in [0.4, 0.5) is 11.6 Å². The van der Waals surface area contributed by atoms with Gasteiger partial charge in [-0.2, -0.15) is 4.98 Å². The van der Waals surface area contributed by atoms with Crippen molar-refractivity contribution in [2.24, 2.45) is 0 Å². The Morgan fingerprint density at radius 3 is 2.38 bits per heavy atom. The minimum Gasteiger partial charge on any atom is -0.433 e. The molecule has 0 bridgehead atoms. The number of aromatic nitrogens is 2. The number of halogens is 2. The normalized spacial score (nSPS) is 10.3. The molecule has 21 heavy (non-hydrogen) atoms. The van der Waals surface area contributed by atoms with E-state index in [9.17, 15) is 10.1 Å². The molecule has 0 spiro atoms. The minimum absolute atomic E-state index is 0.183. The number of rotatable bonds is 4. The van der Waals surface area contributed by atoms with E-state index < -0.39 is 4.92 Å². The number of nitrogens with one attached hydrogen (secondary N) is 1. The van der Waals surface area contributed by atoms with Gasteiger partial charge in [0.25, 0.3) is 0 Å². The summed E-state index contributed by atoms with van der Waals surface area (Å²) in [7, 11) is 1.60. The van der Waals surface area contributed by atoms with Crippen molar-refractivity contribution in [1.82, 2.24) is 9.97 Å². The molecular formula is C12H10Cl2N4O3. The first-order valence-electron chi connectivity index (χ1n) is 5.75. The Morgan fingerprint density at radius 1 is 1.24 bits per heavy atom. The van der Waals surface area contributed by atoms with Gasteiger partial charge in [-0.1, -0.05) is 23.2 Å². The molecule has 0 fully saturated rings. The number of hydrogen-bond acceptors (Lipinski definition) is 6. The highest BCUT2D eigenvalue weighted by atomic mass is 35.5. The van der Waals surface area contributed by atoms with E-state index in [0.717, 1.165) is 0 Å². The van der Waals surface area contributed by atoms with Gasteiger partial charge in [0.2, 0.25) is 5.95 Å². The topological polar surface area (TPSA) is 90.2 Å². The maximum atomic E-state index is 11.1. The molecule has 2 rings (SSSR count). The lowest BCUT2D eigenvalue weighted by Gasteiger charge is -2.09. The van der Waals surface area contributed by atoms with Gasteiger partial charge in [0.1, 0.15) is 11.4 Å². The first-order valence-corrected chi connectivity index (χ1v) is 6.51. The zero-order chi connectivity index (χ0) is 15.6. The maximum Gasteiger partial charge on any atom is 0.352 e. The van der Waals surface area contributed by atoms with Gasteiger partial charge in [0.05, 0.1) is 4.92 Å². The van der Waals surface area contributed by atoms with Gasteiger partial charge in [-0.05, 0) is 25.1 Å². The number of benzene rings is 1. The van der Waals surface area contributed by atoms with Crippen molar-refractivity contribution in [1.29, 1.82) is 0 Å². The summed E-state index contributed by atoms with van der Waals surface area (Å²) in [6, 6.07) is 4.48. The third kappa shape index (κ3) is 3.50. The Bertz CT molecular complexity index is 689. The molecule has 7 nitrogen and oxygen atoms in total. The Balaban J connectivity index is 2.51. The third-order valence-electron chi connectivity index (χ3n) is 2.48. The van der Waals surface area contributed by atoms with Crippen molar-refractivity contribution < 1.29 is 9.66 Å². The van der Waals surface area contributed by atoms with Crippen LogP contribution in [0.1, 0.15) is 5.69 Å². The largest absolute Gasteiger partial charge is 0.433 e. The van der Waals surface area contributed by atoms with Gasteiger partial charge in [0, 0.05) is 17.1 Å². The van der Waals surface area contributed by atoms with E-state index in [2.05, 4.69) is 15.3 Å². The Morgan fingerprint density at radius 2 is 1.86 bits per heavy atom. The predicted octanol–water partition coefficient (Wildman–Crippen LogP) is 3.83. The minimum atomic E-state index is -0.601. The molecule has 0 aliphatic rings. The van der Waals surface area contributed by atoms with Gasteiger partial charge in [0.15, 0.2) is 0 Å². The zero-order valence-corrected chi connectivity index (χ0v) is 12.6. The molecule has 0 aliphatic heterocycles. The van der Waals surface area contributed by atoms with Crippen molar-refractivity contribution in [3.05, 3.63) is 44.1 Å². The van der Waals surface area contributed by atoms with Crippen molar-refractivity contribution in [3.8, 4) is 11.6 Å². The fraction of sp³-hybridized carbons (Fsp3) is 0.167. The maximum absolute atomic E-state index is 11.1. The second-order valence-electron chi connectivity index (χ2n) is 4.00. The van der Waals surface area contributed by atoms with Crippen molar-refractivity contribution >= 4 is 34.8 Å². The second kappa shape index (κ2) is 6.11. The third-order valence-corrected chi connectivity index (χ3v) is 2.92. The van der Waals surface area contributed by atoms with E-state index in [4.69, 9.17) is 27.9 Å². The van der Waals surface area contributed by atoms with Crippen LogP contribution in [0, 0.1) is 17.0 Å². The predicted molar refractivity (Wildman–Crippen MR) is 79.5 cm³/mol. The van der Waals surface area contributed by atoms with Gasteiger partial charge >= 0.3 is 11.6 Å². The first kappa shape index (κ1) is 15.3. The summed E-state index contributed by atoms with van der Waals surface area (Å²) in [5.41, 5.74) is -0.132. The van der Waals surface area contributed by atoms with Crippen LogP contribution in [0.3, 0.4) is 0 Å². The Kier molecular flexibility index (Phi) is 4.44. The van der Waals surface area contributed by atoms with Gasteiger partial charge in [-0.15, -0.1) is 0 Å². The highest BCUT2D eigenvalue weighted by Crippen LogP contribution is 2.34. The number of nitro groups is 1. The number of hydrogen-bond donors (Lipinski definition) is 1. The highest BCUT2D eigenvalue weighted by molar-refractivity contribution is 6.34. The summed E-state index contributed by atoms with van der Waals surface area (Å²) in [5.74, 6) is 0.271. The van der Waals surface area contributed by atoms with E-state index in [0.29, 0.717) is 10.0 Å². The molecule has 0 atom stereocenters. The molecule has 1 aromatic heterocycles. The average Bonchev–Trinajstić information content (AvgIpc) is 2.36. The van der Waals surface area contributed by atoms with Crippen LogP contribution < -0.4 is 10.1 Å². The van der Waals surface area contributed by atoms with E-state index in [-0.39, 0.29) is 29.0 Å². The molecular weight excluding hydrogens is 319 g/mol. The van der Waals surface area contributed by atoms with Crippen molar-refractivity contribution in [2.75, 3.05) is 12.4 Å². The standard InChI is InChI=1S/C12H10Cl2N4O3/c1-6-10(18(19)20)11(17-12(15-2)16-6)21-9-4-7(13)3-8(14)5-9/h3-5H,1-2H3,(H,15,16,17).